The van der Waals surface area contributed by atoms with Gasteiger partial charge in [0.05, 0.1) is 12.2 Å². The number of likely N-dealkylation sites (tertiary alicyclic amines) is 1. The minimum Gasteiger partial charge on any atom is -0.392 e. The van der Waals surface area contributed by atoms with Gasteiger partial charge in [-0.15, -0.1) is 0 Å². The number of aliphatic hydroxyl groups is 2. The van der Waals surface area contributed by atoms with E-state index in [2.05, 4.69) is 4.90 Å². The fourth-order valence-electron chi connectivity index (χ4n) is 1.41. The topological polar surface area (TPSA) is 43.7 Å². The third-order valence-corrected chi connectivity index (χ3v) is 2.19. The molecule has 1 rings (SSSR count). The predicted octanol–water partition coefficient (Wildman–Crippen LogP) is -0.176. The second kappa shape index (κ2) is 4.04. The molecule has 3 nitrogen and oxygen atoms in total. The van der Waals surface area contributed by atoms with Crippen molar-refractivity contribution in [3.8, 4) is 0 Å². The van der Waals surface area contributed by atoms with E-state index in [1.165, 1.54) is 0 Å². The van der Waals surface area contributed by atoms with E-state index >= 15 is 0 Å². The average Bonchev–Trinajstić information content (AvgIpc) is 2.35. The zero-order valence-electron chi connectivity index (χ0n) is 7.03. The fourth-order valence-corrected chi connectivity index (χ4v) is 1.41. The molecule has 1 saturated heterocycles. The maximum absolute atomic E-state index is 9.28. The van der Waals surface area contributed by atoms with E-state index in [1.807, 2.05) is 6.92 Å². The Morgan fingerprint density at radius 3 is 2.82 bits per heavy atom. The van der Waals surface area contributed by atoms with Gasteiger partial charge in [-0.2, -0.15) is 0 Å². The van der Waals surface area contributed by atoms with Crippen molar-refractivity contribution in [1.29, 1.82) is 0 Å². The molecule has 0 saturated carbocycles. The maximum atomic E-state index is 9.28. The SMILES string of the molecule is CCC(O)CN1CC[C@H](O)C1. The first-order chi connectivity index (χ1) is 5.22. The summed E-state index contributed by atoms with van der Waals surface area (Å²) >= 11 is 0. The quantitative estimate of drug-likeness (QED) is 0.600. The highest BCUT2D eigenvalue weighted by molar-refractivity contribution is 4.75. The van der Waals surface area contributed by atoms with Crippen molar-refractivity contribution in [3.05, 3.63) is 0 Å². The number of hydrogen-bond acceptors (Lipinski definition) is 3. The third kappa shape index (κ3) is 2.77. The van der Waals surface area contributed by atoms with Gasteiger partial charge in [0.1, 0.15) is 0 Å². The second-order valence-corrected chi connectivity index (χ2v) is 3.26. The Morgan fingerprint density at radius 1 is 1.64 bits per heavy atom. The van der Waals surface area contributed by atoms with Crippen LogP contribution in [0.5, 0.6) is 0 Å². The van der Waals surface area contributed by atoms with Crippen LogP contribution in [0.25, 0.3) is 0 Å². The highest BCUT2D eigenvalue weighted by atomic mass is 16.3. The molecule has 11 heavy (non-hydrogen) atoms. The van der Waals surface area contributed by atoms with E-state index < -0.39 is 0 Å². The van der Waals surface area contributed by atoms with Gasteiger partial charge in [-0.05, 0) is 12.8 Å². The van der Waals surface area contributed by atoms with E-state index in [4.69, 9.17) is 5.11 Å². The van der Waals surface area contributed by atoms with Gasteiger partial charge >= 0.3 is 0 Å². The summed E-state index contributed by atoms with van der Waals surface area (Å²) in [4.78, 5) is 2.11. The summed E-state index contributed by atoms with van der Waals surface area (Å²) in [7, 11) is 0. The van der Waals surface area contributed by atoms with Crippen molar-refractivity contribution in [3.63, 3.8) is 0 Å². The summed E-state index contributed by atoms with van der Waals surface area (Å²) in [5.74, 6) is 0. The standard InChI is InChI=1S/C8H17NO2/c1-2-7(10)5-9-4-3-8(11)6-9/h7-8,10-11H,2-6H2,1H3/t7?,8-/m0/s1. The first-order valence-corrected chi connectivity index (χ1v) is 4.31. The van der Waals surface area contributed by atoms with Crippen LogP contribution in [0.15, 0.2) is 0 Å². The Bertz CT molecular complexity index is 119. The molecule has 2 N–H and O–H groups in total. The summed E-state index contributed by atoms with van der Waals surface area (Å²) in [5.41, 5.74) is 0. The van der Waals surface area contributed by atoms with Crippen LogP contribution in [0.3, 0.4) is 0 Å². The Hall–Kier alpha value is -0.120. The molecule has 1 fully saturated rings. The lowest BCUT2D eigenvalue weighted by molar-refractivity contribution is 0.110. The second-order valence-electron chi connectivity index (χ2n) is 3.26. The van der Waals surface area contributed by atoms with E-state index in [1.54, 1.807) is 0 Å². The van der Waals surface area contributed by atoms with Gasteiger partial charge in [-0.3, -0.25) is 4.90 Å². The molecule has 0 aromatic carbocycles. The minimum absolute atomic E-state index is 0.168. The lowest BCUT2D eigenvalue weighted by atomic mass is 10.2. The largest absolute Gasteiger partial charge is 0.392 e. The number of rotatable bonds is 3. The molecule has 0 aromatic heterocycles. The van der Waals surface area contributed by atoms with E-state index in [0.717, 1.165) is 25.9 Å². The first-order valence-electron chi connectivity index (χ1n) is 4.31. The zero-order chi connectivity index (χ0) is 8.27. The molecule has 2 atom stereocenters. The van der Waals surface area contributed by atoms with Crippen LogP contribution in [-0.2, 0) is 0 Å². The van der Waals surface area contributed by atoms with Gasteiger partial charge < -0.3 is 10.2 Å². The van der Waals surface area contributed by atoms with E-state index in [-0.39, 0.29) is 12.2 Å². The first kappa shape index (κ1) is 8.97. The van der Waals surface area contributed by atoms with Crippen LogP contribution in [0.4, 0.5) is 0 Å². The Morgan fingerprint density at radius 2 is 2.36 bits per heavy atom. The molecule has 66 valence electrons. The van der Waals surface area contributed by atoms with Gasteiger partial charge in [-0.1, -0.05) is 6.92 Å². The van der Waals surface area contributed by atoms with Gasteiger partial charge in [0.15, 0.2) is 0 Å². The fraction of sp³-hybridized carbons (Fsp3) is 1.00. The summed E-state index contributed by atoms with van der Waals surface area (Å²) in [6.07, 6.45) is 1.27. The van der Waals surface area contributed by atoms with Crippen LogP contribution in [0.1, 0.15) is 19.8 Å². The molecule has 0 spiro atoms. The molecule has 1 aliphatic heterocycles. The normalized spacial score (nSPS) is 29.2. The molecule has 0 amide bonds. The van der Waals surface area contributed by atoms with Gasteiger partial charge in [-0.25, -0.2) is 0 Å². The Balaban J connectivity index is 2.17. The lowest BCUT2D eigenvalue weighted by Gasteiger charge is -2.17. The summed E-state index contributed by atoms with van der Waals surface area (Å²) in [6, 6.07) is 0. The monoisotopic (exact) mass is 159 g/mol. The molecule has 0 radical (unpaired) electrons. The molecule has 3 heteroatoms. The van der Waals surface area contributed by atoms with Crippen molar-refractivity contribution in [2.75, 3.05) is 19.6 Å². The summed E-state index contributed by atoms with van der Waals surface area (Å²) in [6.45, 7) is 4.35. The third-order valence-electron chi connectivity index (χ3n) is 2.19. The smallest absolute Gasteiger partial charge is 0.0679 e. The van der Waals surface area contributed by atoms with Crippen LogP contribution >= 0.6 is 0 Å². The Labute approximate surface area is 67.6 Å². The minimum atomic E-state index is -0.222. The van der Waals surface area contributed by atoms with E-state index in [0.29, 0.717) is 6.54 Å². The van der Waals surface area contributed by atoms with Gasteiger partial charge in [0.25, 0.3) is 0 Å². The highest BCUT2D eigenvalue weighted by Gasteiger charge is 2.21. The predicted molar refractivity (Wildman–Crippen MR) is 43.4 cm³/mol. The van der Waals surface area contributed by atoms with Crippen molar-refractivity contribution in [1.82, 2.24) is 4.90 Å². The van der Waals surface area contributed by atoms with Crippen molar-refractivity contribution in [2.24, 2.45) is 0 Å². The van der Waals surface area contributed by atoms with Crippen LogP contribution < -0.4 is 0 Å². The zero-order valence-corrected chi connectivity index (χ0v) is 7.03. The molecular formula is C8H17NO2. The van der Waals surface area contributed by atoms with Crippen molar-refractivity contribution >= 4 is 0 Å². The molecule has 1 heterocycles. The highest BCUT2D eigenvalue weighted by Crippen LogP contribution is 2.09. The maximum Gasteiger partial charge on any atom is 0.0679 e. The number of nitrogens with zero attached hydrogens (tertiary/aromatic N) is 1. The summed E-state index contributed by atoms with van der Waals surface area (Å²) in [5, 5.41) is 18.4. The molecule has 0 bridgehead atoms. The van der Waals surface area contributed by atoms with Gasteiger partial charge in [0, 0.05) is 19.6 Å². The van der Waals surface area contributed by atoms with Crippen molar-refractivity contribution in [2.45, 2.75) is 32.0 Å². The molecule has 0 aliphatic carbocycles. The average molecular weight is 159 g/mol. The molecule has 1 unspecified atom stereocenters. The molecular weight excluding hydrogens is 142 g/mol. The number of aliphatic hydroxyl groups excluding tert-OH is 2. The van der Waals surface area contributed by atoms with Gasteiger partial charge in [0.2, 0.25) is 0 Å². The van der Waals surface area contributed by atoms with E-state index in [9.17, 15) is 5.11 Å². The Kier molecular flexibility index (Phi) is 3.30. The molecule has 1 aliphatic rings. The van der Waals surface area contributed by atoms with Crippen LogP contribution in [0, 0.1) is 0 Å². The van der Waals surface area contributed by atoms with Crippen molar-refractivity contribution < 1.29 is 10.2 Å². The molecule has 0 aromatic rings. The number of β-amino-alcohol motifs (C(OH)–C–C–N with tert-alkyl or cyclic N) is 2. The summed E-state index contributed by atoms with van der Waals surface area (Å²) < 4.78 is 0. The lowest BCUT2D eigenvalue weighted by Crippen LogP contribution is -2.30. The van der Waals surface area contributed by atoms with Crippen LogP contribution in [0.2, 0.25) is 0 Å². The van der Waals surface area contributed by atoms with Crippen LogP contribution in [-0.4, -0.2) is 47.0 Å². The number of hydrogen-bond donors (Lipinski definition) is 2.